The van der Waals surface area contributed by atoms with Crippen molar-refractivity contribution in [3.63, 3.8) is 0 Å². The summed E-state index contributed by atoms with van der Waals surface area (Å²) in [6.07, 6.45) is 1.49. The van der Waals surface area contributed by atoms with Crippen molar-refractivity contribution in [3.05, 3.63) is 88.1 Å². The summed E-state index contributed by atoms with van der Waals surface area (Å²) in [5.74, 6) is -1.78. The Morgan fingerprint density at radius 1 is 1.15 bits per heavy atom. The second kappa shape index (κ2) is 8.01. The lowest BCUT2D eigenvalue weighted by atomic mass is 10.2. The average molecular weight is 369 g/mol. The van der Waals surface area contributed by atoms with Crippen molar-refractivity contribution in [1.82, 2.24) is 4.68 Å². The van der Waals surface area contributed by atoms with E-state index in [2.05, 4.69) is 16.7 Å². The molecule has 1 aromatic heterocycles. The predicted molar refractivity (Wildman–Crippen MR) is 102 cm³/mol. The van der Waals surface area contributed by atoms with E-state index in [0.29, 0.717) is 16.9 Å². The summed E-state index contributed by atoms with van der Waals surface area (Å²) in [7, 11) is 0. The van der Waals surface area contributed by atoms with Crippen molar-refractivity contribution in [2.75, 3.05) is 6.54 Å². The SMILES string of the molecule is C=C(C)CN=c1scc(-c2ccccc2)n1N=Cc1ccc(F)c(F)c1. The van der Waals surface area contributed by atoms with Gasteiger partial charge in [-0.15, -0.1) is 11.3 Å². The quantitative estimate of drug-likeness (QED) is 0.454. The van der Waals surface area contributed by atoms with Gasteiger partial charge in [-0.3, -0.25) is 4.99 Å². The average Bonchev–Trinajstić information content (AvgIpc) is 3.04. The van der Waals surface area contributed by atoms with Crippen LogP contribution in [0.3, 0.4) is 0 Å². The first-order chi connectivity index (χ1) is 12.5. The van der Waals surface area contributed by atoms with Crippen molar-refractivity contribution >= 4 is 17.6 Å². The Morgan fingerprint density at radius 2 is 1.92 bits per heavy atom. The molecule has 3 nitrogen and oxygen atoms in total. The first kappa shape index (κ1) is 17.9. The Morgan fingerprint density at radius 3 is 2.62 bits per heavy atom. The highest BCUT2D eigenvalue weighted by atomic mass is 32.1. The van der Waals surface area contributed by atoms with Gasteiger partial charge in [0.1, 0.15) is 0 Å². The van der Waals surface area contributed by atoms with Gasteiger partial charge in [-0.2, -0.15) is 5.10 Å². The molecule has 0 aliphatic heterocycles. The number of rotatable bonds is 5. The number of nitrogens with zero attached hydrogens (tertiary/aromatic N) is 3. The van der Waals surface area contributed by atoms with Crippen LogP contribution in [0.2, 0.25) is 0 Å². The van der Waals surface area contributed by atoms with Gasteiger partial charge in [0.25, 0.3) is 0 Å². The first-order valence-electron chi connectivity index (χ1n) is 7.95. The Hall–Kier alpha value is -2.86. The smallest absolute Gasteiger partial charge is 0.206 e. The monoisotopic (exact) mass is 369 g/mol. The van der Waals surface area contributed by atoms with Crippen LogP contribution in [0.25, 0.3) is 11.3 Å². The summed E-state index contributed by atoms with van der Waals surface area (Å²) in [4.78, 5) is 5.23. The molecule has 0 atom stereocenters. The van der Waals surface area contributed by atoms with Gasteiger partial charge >= 0.3 is 0 Å². The lowest BCUT2D eigenvalue weighted by molar-refractivity contribution is 0.508. The molecule has 0 fully saturated rings. The third-order valence-electron chi connectivity index (χ3n) is 3.51. The molecule has 3 aromatic rings. The molecule has 0 saturated heterocycles. The minimum Gasteiger partial charge on any atom is -0.253 e. The molecule has 0 saturated carbocycles. The van der Waals surface area contributed by atoms with Crippen molar-refractivity contribution in [1.29, 1.82) is 0 Å². The predicted octanol–water partition coefficient (Wildman–Crippen LogP) is 4.85. The molecule has 132 valence electrons. The fourth-order valence-corrected chi connectivity index (χ4v) is 3.08. The molecule has 0 amide bonds. The van der Waals surface area contributed by atoms with Gasteiger partial charge in [-0.05, 0) is 24.6 Å². The van der Waals surface area contributed by atoms with Crippen LogP contribution in [0, 0.1) is 11.6 Å². The van der Waals surface area contributed by atoms with Crippen molar-refractivity contribution < 1.29 is 8.78 Å². The largest absolute Gasteiger partial charge is 0.253 e. The van der Waals surface area contributed by atoms with Crippen LogP contribution in [0.5, 0.6) is 0 Å². The number of thiazole rings is 1. The Labute approximate surface area is 154 Å². The highest BCUT2D eigenvalue weighted by Crippen LogP contribution is 2.19. The van der Waals surface area contributed by atoms with E-state index in [1.165, 1.54) is 23.6 Å². The fourth-order valence-electron chi connectivity index (χ4n) is 2.25. The summed E-state index contributed by atoms with van der Waals surface area (Å²) in [5, 5.41) is 6.42. The second-order valence-electron chi connectivity index (χ2n) is 5.77. The molecule has 0 N–H and O–H groups in total. The lowest BCUT2D eigenvalue weighted by Crippen LogP contribution is -2.13. The van der Waals surface area contributed by atoms with Crippen LogP contribution in [-0.2, 0) is 0 Å². The van der Waals surface area contributed by atoms with Crippen LogP contribution < -0.4 is 4.80 Å². The lowest BCUT2D eigenvalue weighted by Gasteiger charge is -2.03. The van der Waals surface area contributed by atoms with E-state index in [1.807, 2.05) is 42.6 Å². The van der Waals surface area contributed by atoms with E-state index >= 15 is 0 Å². The van der Waals surface area contributed by atoms with E-state index in [-0.39, 0.29) is 0 Å². The van der Waals surface area contributed by atoms with Gasteiger partial charge < -0.3 is 0 Å². The molecule has 0 bridgehead atoms. The van der Waals surface area contributed by atoms with Crippen molar-refractivity contribution in [2.45, 2.75) is 6.92 Å². The third kappa shape index (κ3) is 4.21. The zero-order valence-electron chi connectivity index (χ0n) is 14.2. The summed E-state index contributed by atoms with van der Waals surface area (Å²) >= 11 is 1.46. The third-order valence-corrected chi connectivity index (χ3v) is 4.36. The number of benzene rings is 2. The van der Waals surface area contributed by atoms with Gasteiger partial charge in [0.05, 0.1) is 18.5 Å². The molecule has 26 heavy (non-hydrogen) atoms. The molecular weight excluding hydrogens is 352 g/mol. The Bertz CT molecular complexity index is 1020. The van der Waals surface area contributed by atoms with Crippen LogP contribution >= 0.6 is 11.3 Å². The maximum Gasteiger partial charge on any atom is 0.206 e. The topological polar surface area (TPSA) is 29.6 Å². The summed E-state index contributed by atoms with van der Waals surface area (Å²) in [6.45, 7) is 6.26. The summed E-state index contributed by atoms with van der Waals surface area (Å²) in [5.41, 5.74) is 3.26. The molecule has 0 radical (unpaired) electrons. The second-order valence-corrected chi connectivity index (χ2v) is 6.61. The molecular formula is C20H17F2N3S. The molecule has 1 heterocycles. The van der Waals surface area contributed by atoms with Crippen LogP contribution in [-0.4, -0.2) is 17.4 Å². The van der Waals surface area contributed by atoms with Crippen LogP contribution in [0.15, 0.2) is 76.2 Å². The molecule has 0 aliphatic carbocycles. The fraction of sp³-hybridized carbons (Fsp3) is 0.100. The highest BCUT2D eigenvalue weighted by molar-refractivity contribution is 7.07. The minimum atomic E-state index is -0.903. The van der Waals surface area contributed by atoms with Crippen LogP contribution in [0.4, 0.5) is 8.78 Å². The molecule has 3 rings (SSSR count). The van der Waals surface area contributed by atoms with Gasteiger partial charge in [0, 0.05) is 10.9 Å². The van der Waals surface area contributed by atoms with Crippen molar-refractivity contribution in [2.24, 2.45) is 10.1 Å². The summed E-state index contributed by atoms with van der Waals surface area (Å²) < 4.78 is 28.2. The van der Waals surface area contributed by atoms with E-state index < -0.39 is 11.6 Å². The van der Waals surface area contributed by atoms with E-state index in [1.54, 1.807) is 4.68 Å². The maximum absolute atomic E-state index is 13.4. The Balaban J connectivity index is 2.06. The van der Waals surface area contributed by atoms with Gasteiger partial charge in [-0.1, -0.05) is 48.6 Å². The minimum absolute atomic E-state index is 0.465. The Kier molecular flexibility index (Phi) is 5.53. The standard InChI is InChI=1S/C20H17F2N3S/c1-14(2)11-23-20-25(19(13-26-20)16-6-4-3-5-7-16)24-12-15-8-9-17(21)18(22)10-15/h3-10,12-13H,1,11H2,2H3. The zero-order chi connectivity index (χ0) is 18.5. The molecule has 2 aromatic carbocycles. The maximum atomic E-state index is 13.4. The molecule has 0 spiro atoms. The van der Waals surface area contributed by atoms with E-state index in [0.717, 1.165) is 29.0 Å². The molecule has 6 heteroatoms. The zero-order valence-corrected chi connectivity index (χ0v) is 15.0. The first-order valence-corrected chi connectivity index (χ1v) is 8.83. The number of hydrogen-bond acceptors (Lipinski definition) is 3. The number of hydrogen-bond donors (Lipinski definition) is 0. The summed E-state index contributed by atoms with van der Waals surface area (Å²) in [6, 6.07) is 13.5. The van der Waals surface area contributed by atoms with E-state index in [9.17, 15) is 8.78 Å². The number of aromatic nitrogens is 1. The van der Waals surface area contributed by atoms with Gasteiger partial charge in [0.15, 0.2) is 11.6 Å². The normalized spacial score (nSPS) is 12.0. The van der Waals surface area contributed by atoms with Crippen LogP contribution in [0.1, 0.15) is 12.5 Å². The van der Waals surface area contributed by atoms with Crippen molar-refractivity contribution in [3.8, 4) is 11.3 Å². The molecule has 0 unspecified atom stereocenters. The van der Waals surface area contributed by atoms with E-state index in [4.69, 9.17) is 0 Å². The van der Waals surface area contributed by atoms with Gasteiger partial charge in [-0.25, -0.2) is 13.5 Å². The molecule has 0 aliphatic rings. The van der Waals surface area contributed by atoms with Gasteiger partial charge in [0.2, 0.25) is 4.80 Å². The highest BCUT2D eigenvalue weighted by Gasteiger charge is 2.07. The number of halogens is 2.